The van der Waals surface area contributed by atoms with Gasteiger partial charge in [0.25, 0.3) is 0 Å². The number of nitrogens with one attached hydrogen (secondary N) is 1. The number of benzene rings is 1. The number of carboxylic acids is 1. The minimum Gasteiger partial charge on any atom is -0.478 e. The Hall–Kier alpha value is -2.12. The second-order valence-electron chi connectivity index (χ2n) is 5.48. The van der Waals surface area contributed by atoms with Crippen LogP contribution >= 0.6 is 0 Å². The van der Waals surface area contributed by atoms with E-state index in [4.69, 9.17) is 14.6 Å². The van der Waals surface area contributed by atoms with Gasteiger partial charge in [0.05, 0.1) is 44.1 Å². The third-order valence-corrected chi connectivity index (χ3v) is 3.77. The molecule has 7 nitrogen and oxygen atoms in total. The van der Waals surface area contributed by atoms with Crippen LogP contribution in [-0.2, 0) is 16.0 Å². The molecule has 2 unspecified atom stereocenters. The maximum Gasteiger partial charge on any atom is 0.335 e. The van der Waals surface area contributed by atoms with Gasteiger partial charge in [0, 0.05) is 6.54 Å². The largest absolute Gasteiger partial charge is 0.478 e. The van der Waals surface area contributed by atoms with Gasteiger partial charge < -0.3 is 24.8 Å². The fourth-order valence-corrected chi connectivity index (χ4v) is 2.66. The summed E-state index contributed by atoms with van der Waals surface area (Å²) in [7, 11) is 0. The number of carbonyl (C=O) groups excluding carboxylic acids is 1. The Balaban J connectivity index is 1.52. The lowest BCUT2D eigenvalue weighted by molar-refractivity contribution is -0.171. The van der Waals surface area contributed by atoms with Crippen molar-refractivity contribution in [1.82, 2.24) is 10.2 Å². The van der Waals surface area contributed by atoms with Crippen molar-refractivity contribution in [1.29, 1.82) is 0 Å². The van der Waals surface area contributed by atoms with Crippen molar-refractivity contribution in [2.24, 2.45) is 0 Å². The smallest absolute Gasteiger partial charge is 0.335 e. The van der Waals surface area contributed by atoms with Crippen LogP contribution in [0.3, 0.4) is 0 Å². The molecule has 3 rings (SSSR count). The van der Waals surface area contributed by atoms with Crippen molar-refractivity contribution in [3.8, 4) is 0 Å². The predicted octanol–water partition coefficient (Wildman–Crippen LogP) is 0.694. The van der Waals surface area contributed by atoms with Crippen LogP contribution in [0.25, 0.3) is 0 Å². The van der Waals surface area contributed by atoms with E-state index in [1.54, 1.807) is 17.0 Å². The molecule has 1 aromatic rings. The highest BCUT2D eigenvalue weighted by atomic mass is 16.6. The minimum absolute atomic E-state index is 0.0481. The van der Waals surface area contributed by atoms with E-state index < -0.39 is 5.97 Å². The fraction of sp³-hybridized carbons (Fsp3) is 0.467. The summed E-state index contributed by atoms with van der Waals surface area (Å²) in [5.74, 6) is -0.960. The first kappa shape index (κ1) is 14.8. The number of rotatable bonds is 3. The van der Waals surface area contributed by atoms with Gasteiger partial charge in [-0.05, 0) is 17.7 Å². The number of nitrogens with zero attached hydrogens (tertiary/aromatic N) is 1. The van der Waals surface area contributed by atoms with E-state index in [9.17, 15) is 9.59 Å². The molecule has 0 aromatic heterocycles. The zero-order chi connectivity index (χ0) is 15.5. The van der Waals surface area contributed by atoms with Gasteiger partial charge in [-0.25, -0.2) is 9.59 Å². The highest BCUT2D eigenvalue weighted by Crippen LogP contribution is 2.17. The van der Waals surface area contributed by atoms with Crippen LogP contribution in [0.2, 0.25) is 0 Å². The van der Waals surface area contributed by atoms with Gasteiger partial charge in [-0.3, -0.25) is 0 Å². The summed E-state index contributed by atoms with van der Waals surface area (Å²) in [5, 5.41) is 11.7. The van der Waals surface area contributed by atoms with Gasteiger partial charge in [-0.2, -0.15) is 0 Å². The van der Waals surface area contributed by atoms with Crippen LogP contribution in [-0.4, -0.2) is 60.5 Å². The summed E-state index contributed by atoms with van der Waals surface area (Å²) >= 11 is 0. The summed E-state index contributed by atoms with van der Waals surface area (Å²) in [6.45, 7) is 2.47. The molecule has 2 amide bonds. The van der Waals surface area contributed by atoms with Crippen LogP contribution in [0.5, 0.6) is 0 Å². The average Bonchev–Trinajstić information content (AvgIpc) is 2.52. The predicted molar refractivity (Wildman–Crippen MR) is 76.7 cm³/mol. The molecule has 1 aromatic carbocycles. The number of carbonyl (C=O) groups is 2. The number of urea groups is 1. The molecule has 2 bridgehead atoms. The summed E-state index contributed by atoms with van der Waals surface area (Å²) in [5.41, 5.74) is 1.09. The molecule has 2 fully saturated rings. The fourth-order valence-electron chi connectivity index (χ4n) is 2.66. The van der Waals surface area contributed by atoms with Gasteiger partial charge in [0.1, 0.15) is 0 Å². The summed E-state index contributed by atoms with van der Waals surface area (Å²) in [6.07, 6.45) is -0.0961. The quantitative estimate of drug-likeness (QED) is 0.858. The van der Waals surface area contributed by atoms with Crippen molar-refractivity contribution >= 4 is 12.0 Å². The average molecular weight is 306 g/mol. The Morgan fingerprint density at radius 2 is 1.82 bits per heavy atom. The molecule has 2 N–H and O–H groups in total. The third kappa shape index (κ3) is 3.37. The van der Waals surface area contributed by atoms with Gasteiger partial charge in [-0.1, -0.05) is 12.1 Å². The van der Waals surface area contributed by atoms with Crippen molar-refractivity contribution in [3.63, 3.8) is 0 Å². The molecular formula is C15H18N2O5. The molecule has 118 valence electrons. The van der Waals surface area contributed by atoms with E-state index in [-0.39, 0.29) is 23.8 Å². The Morgan fingerprint density at radius 3 is 2.41 bits per heavy atom. The second kappa shape index (κ2) is 6.33. The zero-order valence-electron chi connectivity index (χ0n) is 12.0. The first-order valence-electron chi connectivity index (χ1n) is 7.20. The van der Waals surface area contributed by atoms with E-state index in [1.165, 1.54) is 12.1 Å². The Morgan fingerprint density at radius 1 is 1.18 bits per heavy atom. The van der Waals surface area contributed by atoms with Gasteiger partial charge >= 0.3 is 12.0 Å². The number of aromatic carboxylic acids is 1. The van der Waals surface area contributed by atoms with Crippen molar-refractivity contribution in [3.05, 3.63) is 35.4 Å². The number of carboxylic acid groups (broad SMARTS) is 1. The lowest BCUT2D eigenvalue weighted by Crippen LogP contribution is -2.57. The van der Waals surface area contributed by atoms with E-state index in [1.807, 2.05) is 0 Å². The topological polar surface area (TPSA) is 88.1 Å². The molecule has 0 aliphatic carbocycles. The maximum absolute atomic E-state index is 12.2. The number of morpholine rings is 1. The van der Waals surface area contributed by atoms with E-state index in [0.717, 1.165) is 5.56 Å². The minimum atomic E-state index is -0.960. The van der Waals surface area contributed by atoms with Gasteiger partial charge in [0.15, 0.2) is 0 Å². The van der Waals surface area contributed by atoms with E-state index in [2.05, 4.69) is 5.32 Å². The van der Waals surface area contributed by atoms with Crippen molar-refractivity contribution < 1.29 is 24.2 Å². The van der Waals surface area contributed by atoms with Crippen LogP contribution < -0.4 is 5.32 Å². The molecule has 0 radical (unpaired) electrons. The third-order valence-electron chi connectivity index (χ3n) is 3.77. The molecule has 22 heavy (non-hydrogen) atoms. The van der Waals surface area contributed by atoms with Crippen LogP contribution in [0, 0.1) is 0 Å². The second-order valence-corrected chi connectivity index (χ2v) is 5.48. The first-order valence-corrected chi connectivity index (χ1v) is 7.20. The van der Waals surface area contributed by atoms with Gasteiger partial charge in [0.2, 0.25) is 0 Å². The highest BCUT2D eigenvalue weighted by Gasteiger charge is 2.33. The van der Waals surface area contributed by atoms with Crippen molar-refractivity contribution in [2.75, 3.05) is 26.3 Å². The number of amides is 2. The standard InChI is InChI=1S/C15H18N2O5/c18-14(19)11-3-1-10(2-4-11)5-16-15(20)17-6-12-8-21-9-13(7-17)22-12/h1-4,12-13H,5-9H2,(H,16,20)(H,18,19). The highest BCUT2D eigenvalue weighted by molar-refractivity contribution is 5.87. The first-order chi connectivity index (χ1) is 10.6. The molecule has 7 heteroatoms. The van der Waals surface area contributed by atoms with Crippen LogP contribution in [0.1, 0.15) is 15.9 Å². The molecule has 2 aliphatic heterocycles. The zero-order valence-corrected chi connectivity index (χ0v) is 12.0. The number of hydrogen-bond donors (Lipinski definition) is 2. The molecule has 0 saturated carbocycles. The SMILES string of the molecule is O=C(O)c1ccc(CNC(=O)N2CC3COCC(C2)O3)cc1. The van der Waals surface area contributed by atoms with Crippen LogP contribution in [0.15, 0.2) is 24.3 Å². The molecular weight excluding hydrogens is 288 g/mol. The lowest BCUT2D eigenvalue weighted by atomic mass is 10.1. The summed E-state index contributed by atoms with van der Waals surface area (Å²) < 4.78 is 11.1. The Bertz CT molecular complexity index is 548. The molecule has 2 saturated heterocycles. The number of ether oxygens (including phenoxy) is 2. The summed E-state index contributed by atoms with van der Waals surface area (Å²) in [4.78, 5) is 24.7. The van der Waals surface area contributed by atoms with E-state index >= 15 is 0 Å². The normalized spacial score (nSPS) is 23.9. The summed E-state index contributed by atoms with van der Waals surface area (Å²) in [6, 6.07) is 6.32. The number of hydrogen-bond acceptors (Lipinski definition) is 4. The van der Waals surface area contributed by atoms with Crippen LogP contribution in [0.4, 0.5) is 4.79 Å². The Kier molecular flexibility index (Phi) is 4.26. The number of fused-ring (bicyclic) bond motifs is 2. The van der Waals surface area contributed by atoms with Crippen molar-refractivity contribution in [2.45, 2.75) is 18.8 Å². The molecule has 2 aliphatic rings. The molecule has 0 spiro atoms. The van der Waals surface area contributed by atoms with Gasteiger partial charge in [-0.15, -0.1) is 0 Å². The Labute approximate surface area is 127 Å². The van der Waals surface area contributed by atoms with E-state index in [0.29, 0.717) is 32.8 Å². The lowest BCUT2D eigenvalue weighted by Gasteiger charge is -2.41. The monoisotopic (exact) mass is 306 g/mol. The maximum atomic E-state index is 12.2. The molecule has 2 atom stereocenters. The molecule has 2 heterocycles.